The average molecular weight is 341 g/mol. The number of hydrogen-bond donors (Lipinski definition) is 2. The van der Waals surface area contributed by atoms with Crippen LogP contribution >= 0.6 is 15.9 Å². The first-order chi connectivity index (χ1) is 9.52. The van der Waals surface area contributed by atoms with Crippen LogP contribution in [0.5, 0.6) is 0 Å². The van der Waals surface area contributed by atoms with Gasteiger partial charge in [-0.05, 0) is 47.0 Å². The van der Waals surface area contributed by atoms with Crippen molar-refractivity contribution in [2.45, 2.75) is 12.8 Å². The number of benzene rings is 1. The van der Waals surface area contributed by atoms with Crippen LogP contribution in [0.3, 0.4) is 0 Å². The van der Waals surface area contributed by atoms with Crippen LogP contribution < -0.4 is 10.2 Å². The fourth-order valence-corrected chi connectivity index (χ4v) is 3.14. The highest BCUT2D eigenvalue weighted by Crippen LogP contribution is 2.31. The standard InChI is InChI=1S/C14H17BrN2O3/c1-16-13(18)10-3-2-6-17(8-10)12-5-4-9(14(19)20)7-11(12)15/h4-5,7,10H,2-3,6,8H2,1H3,(H,16,18)(H,19,20). The molecule has 2 rings (SSSR count). The summed E-state index contributed by atoms with van der Waals surface area (Å²) >= 11 is 3.42. The van der Waals surface area contributed by atoms with Crippen molar-refractivity contribution in [1.82, 2.24) is 5.32 Å². The van der Waals surface area contributed by atoms with Crippen molar-refractivity contribution >= 4 is 33.5 Å². The van der Waals surface area contributed by atoms with Crippen molar-refractivity contribution in [3.8, 4) is 0 Å². The van der Waals surface area contributed by atoms with Crippen LogP contribution in [0.1, 0.15) is 23.2 Å². The van der Waals surface area contributed by atoms with Gasteiger partial charge in [-0.2, -0.15) is 0 Å². The van der Waals surface area contributed by atoms with Gasteiger partial charge in [-0.25, -0.2) is 4.79 Å². The predicted molar refractivity (Wildman–Crippen MR) is 80.1 cm³/mol. The Balaban J connectivity index is 2.19. The monoisotopic (exact) mass is 340 g/mol. The average Bonchev–Trinajstić information content (AvgIpc) is 2.46. The van der Waals surface area contributed by atoms with Crippen LogP contribution in [0.4, 0.5) is 5.69 Å². The number of nitrogens with zero attached hydrogens (tertiary/aromatic N) is 1. The van der Waals surface area contributed by atoms with E-state index < -0.39 is 5.97 Å². The summed E-state index contributed by atoms with van der Waals surface area (Å²) in [6, 6.07) is 4.98. The molecule has 1 aliphatic rings. The molecule has 0 saturated carbocycles. The van der Waals surface area contributed by atoms with E-state index in [-0.39, 0.29) is 17.4 Å². The Morgan fingerprint density at radius 1 is 1.45 bits per heavy atom. The smallest absolute Gasteiger partial charge is 0.335 e. The van der Waals surface area contributed by atoms with E-state index in [2.05, 4.69) is 26.1 Å². The minimum atomic E-state index is -0.945. The van der Waals surface area contributed by atoms with E-state index in [1.807, 2.05) is 0 Å². The number of aromatic carboxylic acids is 1. The maximum Gasteiger partial charge on any atom is 0.335 e. The van der Waals surface area contributed by atoms with Gasteiger partial charge in [0.05, 0.1) is 17.2 Å². The highest BCUT2D eigenvalue weighted by atomic mass is 79.9. The Bertz CT molecular complexity index is 533. The fourth-order valence-electron chi connectivity index (χ4n) is 2.51. The molecule has 2 N–H and O–H groups in total. The molecule has 108 valence electrons. The van der Waals surface area contributed by atoms with Gasteiger partial charge in [-0.3, -0.25) is 4.79 Å². The summed E-state index contributed by atoms with van der Waals surface area (Å²) in [5, 5.41) is 11.7. The highest BCUT2D eigenvalue weighted by Gasteiger charge is 2.26. The Kier molecular flexibility index (Phi) is 4.65. The molecular formula is C14H17BrN2O3. The summed E-state index contributed by atoms with van der Waals surface area (Å²) in [6.07, 6.45) is 1.84. The summed E-state index contributed by atoms with van der Waals surface area (Å²) in [5.41, 5.74) is 1.18. The third kappa shape index (κ3) is 3.12. The van der Waals surface area contributed by atoms with E-state index in [9.17, 15) is 9.59 Å². The summed E-state index contributed by atoms with van der Waals surface area (Å²) < 4.78 is 0.745. The number of rotatable bonds is 3. The van der Waals surface area contributed by atoms with Crippen molar-refractivity contribution < 1.29 is 14.7 Å². The molecule has 20 heavy (non-hydrogen) atoms. The lowest BCUT2D eigenvalue weighted by Gasteiger charge is -2.34. The van der Waals surface area contributed by atoms with Gasteiger partial charge < -0.3 is 15.3 Å². The lowest BCUT2D eigenvalue weighted by molar-refractivity contribution is -0.124. The zero-order valence-electron chi connectivity index (χ0n) is 11.2. The van der Waals surface area contributed by atoms with E-state index >= 15 is 0 Å². The number of amides is 1. The Hall–Kier alpha value is -1.56. The predicted octanol–water partition coefficient (Wildman–Crippen LogP) is 2.11. The number of carboxylic acid groups (broad SMARTS) is 1. The van der Waals surface area contributed by atoms with E-state index in [1.165, 1.54) is 0 Å². The van der Waals surface area contributed by atoms with Gasteiger partial charge in [0, 0.05) is 24.6 Å². The van der Waals surface area contributed by atoms with E-state index in [4.69, 9.17) is 5.11 Å². The van der Waals surface area contributed by atoms with Crippen LogP contribution in [0, 0.1) is 5.92 Å². The van der Waals surface area contributed by atoms with Crippen LogP contribution in [-0.2, 0) is 4.79 Å². The lowest BCUT2D eigenvalue weighted by atomic mass is 9.96. The zero-order valence-corrected chi connectivity index (χ0v) is 12.8. The minimum absolute atomic E-state index is 0.0141. The number of nitrogens with one attached hydrogen (secondary N) is 1. The van der Waals surface area contributed by atoms with Crippen molar-refractivity contribution in [2.24, 2.45) is 5.92 Å². The number of piperidine rings is 1. The maximum absolute atomic E-state index is 11.7. The molecule has 1 aromatic rings. The normalized spacial score (nSPS) is 18.7. The highest BCUT2D eigenvalue weighted by molar-refractivity contribution is 9.10. The molecule has 1 unspecified atom stereocenters. The molecule has 1 aliphatic heterocycles. The van der Waals surface area contributed by atoms with Crippen molar-refractivity contribution in [3.05, 3.63) is 28.2 Å². The molecule has 6 heteroatoms. The van der Waals surface area contributed by atoms with Crippen molar-refractivity contribution in [2.75, 3.05) is 25.0 Å². The second-order valence-corrected chi connectivity index (χ2v) is 5.73. The van der Waals surface area contributed by atoms with E-state index in [0.717, 1.165) is 29.5 Å². The number of hydrogen-bond acceptors (Lipinski definition) is 3. The fraction of sp³-hybridized carbons (Fsp3) is 0.429. The van der Waals surface area contributed by atoms with Crippen LogP contribution in [0.2, 0.25) is 0 Å². The lowest BCUT2D eigenvalue weighted by Crippen LogP contribution is -2.42. The van der Waals surface area contributed by atoms with Crippen molar-refractivity contribution in [1.29, 1.82) is 0 Å². The SMILES string of the molecule is CNC(=O)C1CCCN(c2ccc(C(=O)O)cc2Br)C1. The summed E-state index contributed by atoms with van der Waals surface area (Å²) in [7, 11) is 1.65. The molecule has 1 atom stereocenters. The molecule has 1 saturated heterocycles. The molecule has 1 aromatic carbocycles. The number of halogens is 1. The largest absolute Gasteiger partial charge is 0.478 e. The minimum Gasteiger partial charge on any atom is -0.478 e. The van der Waals surface area contributed by atoms with Gasteiger partial charge in [0.2, 0.25) is 5.91 Å². The Morgan fingerprint density at radius 2 is 2.20 bits per heavy atom. The van der Waals surface area contributed by atoms with E-state index in [1.54, 1.807) is 25.2 Å². The second-order valence-electron chi connectivity index (χ2n) is 4.87. The van der Waals surface area contributed by atoms with E-state index in [0.29, 0.717) is 6.54 Å². The molecule has 1 amide bonds. The molecule has 0 bridgehead atoms. The molecular weight excluding hydrogens is 324 g/mol. The van der Waals surface area contributed by atoms with Gasteiger partial charge >= 0.3 is 5.97 Å². The second kappa shape index (κ2) is 6.26. The first-order valence-corrected chi connectivity index (χ1v) is 7.31. The summed E-state index contributed by atoms with van der Waals surface area (Å²) in [6.45, 7) is 1.53. The first kappa shape index (κ1) is 14.8. The topological polar surface area (TPSA) is 69.6 Å². The zero-order chi connectivity index (χ0) is 14.7. The van der Waals surface area contributed by atoms with Gasteiger partial charge in [0.15, 0.2) is 0 Å². The van der Waals surface area contributed by atoms with Crippen LogP contribution in [0.15, 0.2) is 22.7 Å². The Morgan fingerprint density at radius 3 is 2.80 bits per heavy atom. The maximum atomic E-state index is 11.7. The summed E-state index contributed by atoms with van der Waals surface area (Å²) in [4.78, 5) is 24.8. The third-order valence-corrected chi connectivity index (χ3v) is 4.21. The van der Waals surface area contributed by atoms with Crippen LogP contribution in [-0.4, -0.2) is 37.1 Å². The first-order valence-electron chi connectivity index (χ1n) is 6.52. The number of carboxylic acids is 1. The quantitative estimate of drug-likeness (QED) is 0.884. The third-order valence-electron chi connectivity index (χ3n) is 3.57. The number of carbonyl (C=O) groups excluding carboxylic acids is 1. The number of anilines is 1. The summed E-state index contributed by atoms with van der Waals surface area (Å²) in [5.74, 6) is -0.896. The molecule has 5 nitrogen and oxygen atoms in total. The molecule has 1 fully saturated rings. The van der Waals surface area contributed by atoms with Gasteiger partial charge in [0.25, 0.3) is 0 Å². The number of carbonyl (C=O) groups is 2. The molecule has 0 spiro atoms. The Labute approximate surface area is 126 Å². The molecule has 0 aliphatic carbocycles. The van der Waals surface area contributed by atoms with Crippen molar-refractivity contribution in [3.63, 3.8) is 0 Å². The molecule has 0 aromatic heterocycles. The molecule has 0 radical (unpaired) electrons. The molecule has 1 heterocycles. The van der Waals surface area contributed by atoms with Crippen LogP contribution in [0.25, 0.3) is 0 Å². The van der Waals surface area contributed by atoms with Gasteiger partial charge in [-0.15, -0.1) is 0 Å². The van der Waals surface area contributed by atoms with Gasteiger partial charge in [0.1, 0.15) is 0 Å². The van der Waals surface area contributed by atoms with Gasteiger partial charge in [-0.1, -0.05) is 0 Å².